The van der Waals surface area contributed by atoms with Crippen molar-refractivity contribution in [1.82, 2.24) is 35.5 Å². The van der Waals surface area contributed by atoms with Crippen LogP contribution in [0.2, 0.25) is 0 Å². The summed E-state index contributed by atoms with van der Waals surface area (Å²) in [5.41, 5.74) is 6.44. The number of fused-ring (bicyclic) bond motifs is 1. The lowest BCUT2D eigenvalue weighted by atomic mass is 9.93. The zero-order chi connectivity index (χ0) is 27.9. The van der Waals surface area contributed by atoms with Crippen molar-refractivity contribution in [2.24, 2.45) is 0 Å². The standard InChI is InChI=1S/C27H32FN9O2/c1-15-17(6-7-18(28)24(15)32-25(38)21-12-30-22(13-29-21)27(2,3)4)19-11-20(26(39)34-33-19)31-23-10-16-14-36(5)8-9-37(16)35-23/h6-7,10-13,23,35H,8-9,14H2,1-5H3,(H,31,33)(H,32,38)(H,34,39). The van der Waals surface area contributed by atoms with Crippen LogP contribution in [0.3, 0.4) is 0 Å². The van der Waals surface area contributed by atoms with E-state index in [4.69, 9.17) is 0 Å². The molecule has 4 N–H and O–H groups in total. The van der Waals surface area contributed by atoms with Crippen molar-refractivity contribution in [3.05, 3.63) is 75.5 Å². The van der Waals surface area contributed by atoms with E-state index in [0.29, 0.717) is 22.5 Å². The van der Waals surface area contributed by atoms with Crippen LogP contribution in [0.1, 0.15) is 42.5 Å². The fraction of sp³-hybridized carbons (Fsp3) is 0.370. The van der Waals surface area contributed by atoms with Gasteiger partial charge in [0.25, 0.3) is 11.5 Å². The lowest BCUT2D eigenvalue weighted by Crippen LogP contribution is -2.48. The molecule has 1 aromatic carbocycles. The van der Waals surface area contributed by atoms with Crippen LogP contribution in [0.5, 0.6) is 0 Å². The van der Waals surface area contributed by atoms with Crippen molar-refractivity contribution >= 4 is 17.3 Å². The highest BCUT2D eigenvalue weighted by atomic mass is 19.1. The Morgan fingerprint density at radius 2 is 1.97 bits per heavy atom. The molecule has 1 fully saturated rings. The number of hydrogen-bond acceptors (Lipinski definition) is 9. The predicted molar refractivity (Wildman–Crippen MR) is 147 cm³/mol. The van der Waals surface area contributed by atoms with Crippen molar-refractivity contribution in [3.8, 4) is 11.3 Å². The molecule has 3 aromatic rings. The normalized spacial score (nSPS) is 17.5. The van der Waals surface area contributed by atoms with Gasteiger partial charge >= 0.3 is 0 Å². The number of nitrogens with one attached hydrogen (secondary N) is 4. The Kier molecular flexibility index (Phi) is 6.91. The van der Waals surface area contributed by atoms with Gasteiger partial charge in [-0.25, -0.2) is 19.9 Å². The lowest BCUT2D eigenvalue weighted by molar-refractivity contribution is 0.102. The van der Waals surface area contributed by atoms with Gasteiger partial charge in [0, 0.05) is 42.5 Å². The van der Waals surface area contributed by atoms with Gasteiger partial charge in [-0.05, 0) is 43.8 Å². The monoisotopic (exact) mass is 533 g/mol. The highest BCUT2D eigenvalue weighted by Crippen LogP contribution is 2.31. The third-order valence-corrected chi connectivity index (χ3v) is 6.83. The molecular weight excluding hydrogens is 501 g/mol. The maximum atomic E-state index is 14.9. The summed E-state index contributed by atoms with van der Waals surface area (Å²) < 4.78 is 14.9. The number of aromatic amines is 1. The van der Waals surface area contributed by atoms with Crippen LogP contribution in [-0.4, -0.2) is 68.8 Å². The molecule has 1 saturated heterocycles. The number of carbonyl (C=O) groups is 1. The summed E-state index contributed by atoms with van der Waals surface area (Å²) in [6.45, 7) is 10.3. The maximum Gasteiger partial charge on any atom is 0.287 e. The van der Waals surface area contributed by atoms with Gasteiger partial charge in [-0.1, -0.05) is 20.8 Å². The number of anilines is 2. The highest BCUT2D eigenvalue weighted by molar-refractivity contribution is 6.03. The topological polar surface area (TPSA) is 131 Å². The number of carbonyl (C=O) groups excluding carboxylic acids is 1. The average molecular weight is 534 g/mol. The number of hydrogen-bond donors (Lipinski definition) is 4. The highest BCUT2D eigenvalue weighted by Gasteiger charge is 2.27. The fourth-order valence-corrected chi connectivity index (χ4v) is 4.56. The van der Waals surface area contributed by atoms with Gasteiger partial charge in [0.05, 0.1) is 23.3 Å². The molecule has 0 spiro atoms. The minimum absolute atomic E-state index is 0.00453. The molecular formula is C27H32FN9O2. The number of likely N-dealkylation sites (N-methyl/N-ethyl adjacent to an activating group) is 1. The number of halogens is 1. The fourth-order valence-electron chi connectivity index (χ4n) is 4.56. The van der Waals surface area contributed by atoms with Crippen LogP contribution in [-0.2, 0) is 5.41 Å². The van der Waals surface area contributed by atoms with Gasteiger partial charge in [-0.3, -0.25) is 19.5 Å². The Labute approximate surface area is 225 Å². The van der Waals surface area contributed by atoms with E-state index in [1.807, 2.05) is 26.8 Å². The van der Waals surface area contributed by atoms with Crippen LogP contribution < -0.4 is 21.6 Å². The van der Waals surface area contributed by atoms with Gasteiger partial charge in [-0.15, -0.1) is 0 Å². The number of piperazine rings is 1. The molecule has 204 valence electrons. The molecule has 0 bridgehead atoms. The second-order valence-electron chi connectivity index (χ2n) is 10.9. The predicted octanol–water partition coefficient (Wildman–Crippen LogP) is 2.61. The molecule has 1 atom stereocenters. The molecule has 39 heavy (non-hydrogen) atoms. The van der Waals surface area contributed by atoms with Crippen molar-refractivity contribution in [1.29, 1.82) is 0 Å². The van der Waals surface area contributed by atoms with E-state index in [-0.39, 0.29) is 28.5 Å². The van der Waals surface area contributed by atoms with E-state index < -0.39 is 11.7 Å². The molecule has 1 amide bonds. The number of amides is 1. The molecule has 4 heterocycles. The zero-order valence-corrected chi connectivity index (χ0v) is 22.6. The first-order valence-electron chi connectivity index (χ1n) is 12.7. The Hall–Kier alpha value is -4.16. The molecule has 0 aliphatic carbocycles. The van der Waals surface area contributed by atoms with E-state index in [9.17, 15) is 14.0 Å². The summed E-state index contributed by atoms with van der Waals surface area (Å²) in [5, 5.41) is 14.6. The Balaban J connectivity index is 1.38. The van der Waals surface area contributed by atoms with E-state index in [0.717, 1.165) is 31.0 Å². The van der Waals surface area contributed by atoms with Crippen LogP contribution >= 0.6 is 0 Å². The number of H-pyrrole nitrogens is 1. The average Bonchev–Trinajstić information content (AvgIpc) is 3.29. The van der Waals surface area contributed by atoms with E-state index in [1.54, 1.807) is 25.3 Å². The molecule has 2 aliphatic heterocycles. The van der Waals surface area contributed by atoms with Crippen LogP contribution in [0, 0.1) is 12.7 Å². The first-order valence-corrected chi connectivity index (χ1v) is 12.7. The smallest absolute Gasteiger partial charge is 0.287 e. The van der Waals surface area contributed by atoms with Gasteiger partial charge < -0.3 is 15.6 Å². The molecule has 0 radical (unpaired) electrons. The SMILES string of the molecule is Cc1c(-c2cc(NC3C=C4CN(C)CCN4N3)c(=O)[nH]n2)ccc(F)c1NC(=O)c1cnc(C(C)(C)C)cn1. The quantitative estimate of drug-likeness (QED) is 0.391. The summed E-state index contributed by atoms with van der Waals surface area (Å²) in [7, 11) is 2.07. The second kappa shape index (κ2) is 10.2. The molecule has 12 heteroatoms. The van der Waals surface area contributed by atoms with E-state index in [2.05, 4.69) is 53.2 Å². The Morgan fingerprint density at radius 1 is 1.18 bits per heavy atom. The molecule has 11 nitrogen and oxygen atoms in total. The van der Waals surface area contributed by atoms with Crippen molar-refractivity contribution in [3.63, 3.8) is 0 Å². The minimum atomic E-state index is -0.602. The van der Waals surface area contributed by atoms with Crippen LogP contribution in [0.4, 0.5) is 15.8 Å². The maximum absolute atomic E-state index is 14.9. The summed E-state index contributed by atoms with van der Waals surface area (Å²) in [6.07, 6.45) is 4.71. The number of rotatable bonds is 5. The lowest BCUT2D eigenvalue weighted by Gasteiger charge is -2.33. The first-order chi connectivity index (χ1) is 18.5. The number of hydrazine groups is 1. The molecule has 1 unspecified atom stereocenters. The number of nitrogens with zero attached hydrogens (tertiary/aromatic N) is 5. The van der Waals surface area contributed by atoms with Crippen LogP contribution in [0.25, 0.3) is 11.3 Å². The molecule has 2 aliphatic rings. The van der Waals surface area contributed by atoms with E-state index >= 15 is 0 Å². The summed E-state index contributed by atoms with van der Waals surface area (Å²) in [6, 6.07) is 4.43. The molecule has 0 saturated carbocycles. The second-order valence-corrected chi connectivity index (χ2v) is 10.9. The van der Waals surface area contributed by atoms with Gasteiger partial charge in [0.1, 0.15) is 23.4 Å². The zero-order valence-electron chi connectivity index (χ0n) is 22.6. The summed E-state index contributed by atoms with van der Waals surface area (Å²) in [4.78, 5) is 36.2. The third-order valence-electron chi connectivity index (χ3n) is 6.83. The minimum Gasteiger partial charge on any atom is -0.361 e. The molecule has 2 aromatic heterocycles. The van der Waals surface area contributed by atoms with Gasteiger partial charge in [-0.2, -0.15) is 5.10 Å². The largest absolute Gasteiger partial charge is 0.361 e. The van der Waals surface area contributed by atoms with Gasteiger partial charge in [0.2, 0.25) is 0 Å². The van der Waals surface area contributed by atoms with E-state index in [1.165, 1.54) is 12.3 Å². The summed E-state index contributed by atoms with van der Waals surface area (Å²) >= 11 is 0. The number of benzene rings is 1. The third kappa shape index (κ3) is 5.52. The Bertz CT molecular complexity index is 1490. The van der Waals surface area contributed by atoms with Gasteiger partial charge in [0.15, 0.2) is 0 Å². The van der Waals surface area contributed by atoms with Crippen LogP contribution in [0.15, 0.2) is 47.2 Å². The Morgan fingerprint density at radius 3 is 2.69 bits per heavy atom. The summed E-state index contributed by atoms with van der Waals surface area (Å²) in [5.74, 6) is -1.18. The first kappa shape index (κ1) is 26.4. The van der Waals surface area contributed by atoms with Crippen molar-refractivity contribution in [2.75, 3.05) is 37.3 Å². The van der Waals surface area contributed by atoms with Crippen molar-refractivity contribution < 1.29 is 9.18 Å². The molecule has 5 rings (SSSR count). The number of aromatic nitrogens is 4. The van der Waals surface area contributed by atoms with Crippen molar-refractivity contribution in [2.45, 2.75) is 39.3 Å².